The van der Waals surface area contributed by atoms with Crippen LogP contribution in [0.1, 0.15) is 5.69 Å². The first-order valence-electron chi connectivity index (χ1n) is 4.44. The van der Waals surface area contributed by atoms with Crippen molar-refractivity contribution in [2.45, 2.75) is 6.92 Å². The number of rotatable bonds is 2. The second kappa shape index (κ2) is 3.49. The number of pyridine rings is 1. The fraction of sp³-hybridized carbons (Fsp3) is 0.200. The maximum Gasteiger partial charge on any atom is 0.131 e. The minimum Gasteiger partial charge on any atom is -0.325 e. The summed E-state index contributed by atoms with van der Waals surface area (Å²) in [4.78, 5) is 4.17. The fourth-order valence-electron chi connectivity index (χ4n) is 1.30. The molecule has 0 fully saturated rings. The van der Waals surface area contributed by atoms with Crippen LogP contribution in [-0.2, 0) is 7.05 Å². The summed E-state index contributed by atoms with van der Waals surface area (Å²) in [6.07, 6.45) is 1.76. The largest absolute Gasteiger partial charge is 0.325 e. The van der Waals surface area contributed by atoms with Crippen LogP contribution in [-0.4, -0.2) is 14.8 Å². The molecule has 4 heteroatoms. The predicted octanol–water partition coefficient (Wildman–Crippen LogP) is 1.87. The monoisotopic (exact) mass is 188 g/mol. The Kier molecular flexibility index (Phi) is 2.18. The zero-order chi connectivity index (χ0) is 9.97. The Hall–Kier alpha value is -1.84. The highest BCUT2D eigenvalue weighted by Gasteiger charge is 2.01. The molecule has 0 spiro atoms. The van der Waals surface area contributed by atoms with Crippen LogP contribution in [0.2, 0.25) is 0 Å². The first-order valence-corrected chi connectivity index (χ1v) is 4.44. The van der Waals surface area contributed by atoms with Crippen LogP contribution in [0.25, 0.3) is 0 Å². The van der Waals surface area contributed by atoms with Crippen molar-refractivity contribution in [3.05, 3.63) is 36.2 Å². The number of aromatic nitrogens is 3. The molecule has 0 radical (unpaired) electrons. The molecule has 0 atom stereocenters. The van der Waals surface area contributed by atoms with Crippen molar-refractivity contribution in [2.75, 3.05) is 5.32 Å². The number of hydrogen-bond donors (Lipinski definition) is 1. The van der Waals surface area contributed by atoms with E-state index in [1.165, 1.54) is 0 Å². The van der Waals surface area contributed by atoms with E-state index in [9.17, 15) is 0 Å². The SMILES string of the molecule is Cc1cc(Nc2ccccn2)n(C)n1. The van der Waals surface area contributed by atoms with Crippen LogP contribution < -0.4 is 5.32 Å². The molecule has 0 aliphatic carbocycles. The third kappa shape index (κ3) is 1.74. The fourth-order valence-corrected chi connectivity index (χ4v) is 1.30. The molecular formula is C10H12N4. The summed E-state index contributed by atoms with van der Waals surface area (Å²) in [6.45, 7) is 1.96. The lowest BCUT2D eigenvalue weighted by atomic mass is 10.4. The Morgan fingerprint density at radius 1 is 1.36 bits per heavy atom. The Morgan fingerprint density at radius 2 is 2.21 bits per heavy atom. The van der Waals surface area contributed by atoms with Gasteiger partial charge in [0, 0.05) is 19.3 Å². The van der Waals surface area contributed by atoms with E-state index in [-0.39, 0.29) is 0 Å². The average Bonchev–Trinajstić information content (AvgIpc) is 2.47. The predicted molar refractivity (Wildman–Crippen MR) is 55.5 cm³/mol. The molecule has 14 heavy (non-hydrogen) atoms. The van der Waals surface area contributed by atoms with E-state index >= 15 is 0 Å². The van der Waals surface area contributed by atoms with Gasteiger partial charge in [0.25, 0.3) is 0 Å². The number of aryl methyl sites for hydroxylation is 2. The Bertz CT molecular complexity index is 419. The molecule has 0 unspecified atom stereocenters. The Morgan fingerprint density at radius 3 is 2.79 bits per heavy atom. The molecule has 4 nitrogen and oxygen atoms in total. The van der Waals surface area contributed by atoms with E-state index in [0.717, 1.165) is 17.3 Å². The number of hydrogen-bond acceptors (Lipinski definition) is 3. The smallest absolute Gasteiger partial charge is 0.131 e. The lowest BCUT2D eigenvalue weighted by Gasteiger charge is -2.03. The van der Waals surface area contributed by atoms with Gasteiger partial charge in [-0.05, 0) is 19.1 Å². The molecular weight excluding hydrogens is 176 g/mol. The molecule has 0 amide bonds. The van der Waals surface area contributed by atoms with Crippen molar-refractivity contribution in [1.82, 2.24) is 14.8 Å². The lowest BCUT2D eigenvalue weighted by Crippen LogP contribution is -1.99. The zero-order valence-corrected chi connectivity index (χ0v) is 8.23. The van der Waals surface area contributed by atoms with Gasteiger partial charge in [-0.15, -0.1) is 0 Å². The molecule has 2 aromatic heterocycles. The van der Waals surface area contributed by atoms with Crippen LogP contribution in [0, 0.1) is 6.92 Å². The molecule has 2 heterocycles. The summed E-state index contributed by atoms with van der Waals surface area (Å²) in [5.74, 6) is 1.77. The summed E-state index contributed by atoms with van der Waals surface area (Å²) < 4.78 is 1.80. The van der Waals surface area contributed by atoms with Gasteiger partial charge in [0.15, 0.2) is 0 Å². The molecule has 0 bridgehead atoms. The van der Waals surface area contributed by atoms with Crippen molar-refractivity contribution in [2.24, 2.45) is 7.05 Å². The van der Waals surface area contributed by atoms with E-state index in [1.54, 1.807) is 10.9 Å². The van der Waals surface area contributed by atoms with Crippen LogP contribution in [0.15, 0.2) is 30.5 Å². The van der Waals surface area contributed by atoms with Crippen LogP contribution in [0.5, 0.6) is 0 Å². The normalized spacial score (nSPS) is 10.1. The van der Waals surface area contributed by atoms with E-state index in [2.05, 4.69) is 15.4 Å². The van der Waals surface area contributed by atoms with Crippen molar-refractivity contribution in [1.29, 1.82) is 0 Å². The summed E-state index contributed by atoms with van der Waals surface area (Å²) in [6, 6.07) is 7.73. The number of nitrogens with zero attached hydrogens (tertiary/aromatic N) is 3. The highest BCUT2D eigenvalue weighted by Crippen LogP contribution is 2.13. The van der Waals surface area contributed by atoms with E-state index in [4.69, 9.17) is 0 Å². The second-order valence-electron chi connectivity index (χ2n) is 3.13. The van der Waals surface area contributed by atoms with Crippen molar-refractivity contribution in [3.8, 4) is 0 Å². The maximum atomic E-state index is 4.23. The second-order valence-corrected chi connectivity index (χ2v) is 3.13. The minimum absolute atomic E-state index is 0.829. The molecule has 0 aliphatic heterocycles. The molecule has 0 aliphatic rings. The summed E-state index contributed by atoms with van der Waals surface area (Å²) in [5, 5.41) is 7.42. The Balaban J connectivity index is 2.23. The molecule has 0 saturated heterocycles. The molecule has 2 rings (SSSR count). The van der Waals surface area contributed by atoms with Crippen LogP contribution in [0.3, 0.4) is 0 Å². The van der Waals surface area contributed by atoms with Crippen molar-refractivity contribution in [3.63, 3.8) is 0 Å². The van der Waals surface area contributed by atoms with Crippen LogP contribution in [0.4, 0.5) is 11.6 Å². The summed E-state index contributed by atoms with van der Waals surface area (Å²) in [5.41, 5.74) is 0.992. The van der Waals surface area contributed by atoms with Crippen LogP contribution >= 0.6 is 0 Å². The zero-order valence-electron chi connectivity index (χ0n) is 8.23. The highest BCUT2D eigenvalue weighted by atomic mass is 15.3. The molecule has 72 valence electrons. The van der Waals surface area contributed by atoms with Gasteiger partial charge in [-0.1, -0.05) is 6.07 Å². The van der Waals surface area contributed by atoms with Gasteiger partial charge in [-0.3, -0.25) is 4.68 Å². The van der Waals surface area contributed by atoms with E-state index in [0.29, 0.717) is 0 Å². The average molecular weight is 188 g/mol. The lowest BCUT2D eigenvalue weighted by molar-refractivity contribution is 0.764. The third-order valence-electron chi connectivity index (χ3n) is 1.92. The molecule has 2 aromatic rings. The molecule has 0 aromatic carbocycles. The minimum atomic E-state index is 0.829. The first kappa shape index (κ1) is 8.74. The van der Waals surface area contributed by atoms with Crippen molar-refractivity contribution >= 4 is 11.6 Å². The topological polar surface area (TPSA) is 42.7 Å². The number of nitrogens with one attached hydrogen (secondary N) is 1. The first-order chi connectivity index (χ1) is 6.75. The van der Waals surface area contributed by atoms with Crippen molar-refractivity contribution < 1.29 is 0 Å². The maximum absolute atomic E-state index is 4.23. The van der Waals surface area contributed by atoms with E-state index < -0.39 is 0 Å². The Labute approximate surface area is 82.6 Å². The van der Waals surface area contributed by atoms with Gasteiger partial charge < -0.3 is 5.32 Å². The third-order valence-corrected chi connectivity index (χ3v) is 1.92. The van der Waals surface area contributed by atoms with Gasteiger partial charge in [0.2, 0.25) is 0 Å². The number of anilines is 2. The van der Waals surface area contributed by atoms with Gasteiger partial charge in [-0.25, -0.2) is 4.98 Å². The highest BCUT2D eigenvalue weighted by molar-refractivity contribution is 5.51. The quantitative estimate of drug-likeness (QED) is 0.782. The van der Waals surface area contributed by atoms with E-state index in [1.807, 2.05) is 38.2 Å². The van der Waals surface area contributed by atoms with Gasteiger partial charge in [-0.2, -0.15) is 5.10 Å². The standard InChI is InChI=1S/C10H12N4/c1-8-7-10(14(2)13-8)12-9-5-3-4-6-11-9/h3-7H,1-2H3,(H,11,12). The molecule has 1 N–H and O–H groups in total. The summed E-state index contributed by atoms with van der Waals surface area (Å²) in [7, 11) is 1.90. The summed E-state index contributed by atoms with van der Waals surface area (Å²) >= 11 is 0. The molecule has 0 saturated carbocycles. The van der Waals surface area contributed by atoms with Gasteiger partial charge >= 0.3 is 0 Å². The van der Waals surface area contributed by atoms with Gasteiger partial charge in [0.05, 0.1) is 5.69 Å². The van der Waals surface area contributed by atoms with Gasteiger partial charge in [0.1, 0.15) is 11.6 Å².